The average molecular weight is 378 g/mol. The van der Waals surface area contributed by atoms with Gasteiger partial charge in [0.05, 0.1) is 10.9 Å². The first kappa shape index (κ1) is 17.0. The minimum atomic E-state index is -0.121. The van der Waals surface area contributed by atoms with Crippen LogP contribution in [-0.4, -0.2) is 38.0 Å². The maximum Gasteiger partial charge on any atom is 0.258 e. The second kappa shape index (κ2) is 5.95. The molecule has 7 heteroatoms. The maximum atomic E-state index is 13.5. The fourth-order valence-electron chi connectivity index (χ4n) is 3.89. The van der Waals surface area contributed by atoms with Crippen LogP contribution < -0.4 is 5.32 Å². The number of nitrogens with one attached hydrogen (secondary N) is 1. The van der Waals surface area contributed by atoms with Gasteiger partial charge in [-0.25, -0.2) is 9.97 Å². The number of benzene rings is 1. The van der Waals surface area contributed by atoms with Gasteiger partial charge in [-0.2, -0.15) is 0 Å². The van der Waals surface area contributed by atoms with Crippen molar-refractivity contribution < 1.29 is 14.3 Å². The number of rotatable bonds is 3. The number of nitrogens with zero attached hydrogens (tertiary/aromatic N) is 3. The smallest absolute Gasteiger partial charge is 0.258 e. The highest BCUT2D eigenvalue weighted by atomic mass is 16.3. The Hall–Kier alpha value is -3.09. The van der Waals surface area contributed by atoms with Gasteiger partial charge in [0.2, 0.25) is 5.71 Å². The highest BCUT2D eigenvalue weighted by molar-refractivity contribution is 6.10. The molecule has 0 radical (unpaired) electrons. The van der Waals surface area contributed by atoms with Crippen LogP contribution in [0.3, 0.4) is 0 Å². The minimum Gasteiger partial charge on any atom is -0.508 e. The molecule has 1 aliphatic carbocycles. The summed E-state index contributed by atoms with van der Waals surface area (Å²) in [6.07, 6.45) is 4.31. The van der Waals surface area contributed by atoms with Gasteiger partial charge < -0.3 is 19.7 Å². The number of fused-ring (bicyclic) bond motifs is 2. The quantitative estimate of drug-likeness (QED) is 0.726. The molecule has 3 aromatic rings. The third-order valence-corrected chi connectivity index (χ3v) is 5.83. The first-order valence-corrected chi connectivity index (χ1v) is 9.56. The number of furan rings is 1. The van der Waals surface area contributed by atoms with Crippen LogP contribution in [-0.2, 0) is 13.0 Å². The highest BCUT2D eigenvalue weighted by Gasteiger charge is 2.39. The normalized spacial score (nSPS) is 17.4. The van der Waals surface area contributed by atoms with E-state index in [-0.39, 0.29) is 17.2 Å². The average Bonchev–Trinajstić information content (AvgIpc) is 3.30. The molecule has 0 saturated heterocycles. The Bertz CT molecular complexity index is 1100. The molecule has 0 spiro atoms. The molecule has 2 aromatic heterocycles. The van der Waals surface area contributed by atoms with Crippen LogP contribution in [0.5, 0.6) is 5.75 Å². The van der Waals surface area contributed by atoms with Crippen molar-refractivity contribution in [3.8, 4) is 5.75 Å². The van der Waals surface area contributed by atoms with Crippen molar-refractivity contribution in [1.29, 1.82) is 0 Å². The van der Waals surface area contributed by atoms with Crippen LogP contribution in [0.4, 0.5) is 5.82 Å². The molecule has 7 nitrogen and oxygen atoms in total. The summed E-state index contributed by atoms with van der Waals surface area (Å²) >= 11 is 0. The van der Waals surface area contributed by atoms with E-state index in [0.29, 0.717) is 47.8 Å². The van der Waals surface area contributed by atoms with Crippen LogP contribution in [0.15, 0.2) is 28.9 Å². The summed E-state index contributed by atoms with van der Waals surface area (Å²) in [6.45, 7) is 4.89. The number of anilines is 1. The van der Waals surface area contributed by atoms with Crippen molar-refractivity contribution in [2.24, 2.45) is 0 Å². The minimum absolute atomic E-state index is 0.0165. The first-order valence-electron chi connectivity index (χ1n) is 9.56. The van der Waals surface area contributed by atoms with Crippen molar-refractivity contribution in [2.75, 3.05) is 11.9 Å². The summed E-state index contributed by atoms with van der Waals surface area (Å²) in [5.41, 5.74) is 2.84. The molecule has 1 aliphatic heterocycles. The Morgan fingerprint density at radius 2 is 2.14 bits per heavy atom. The monoisotopic (exact) mass is 378 g/mol. The van der Waals surface area contributed by atoms with E-state index in [9.17, 15) is 9.90 Å². The van der Waals surface area contributed by atoms with Crippen LogP contribution in [0, 0.1) is 6.92 Å². The zero-order chi connectivity index (χ0) is 19.5. The Kier molecular flexibility index (Phi) is 3.62. The van der Waals surface area contributed by atoms with E-state index in [2.05, 4.69) is 22.2 Å². The van der Waals surface area contributed by atoms with E-state index < -0.39 is 0 Å². The van der Waals surface area contributed by atoms with Crippen LogP contribution in [0.1, 0.15) is 47.0 Å². The molecular formula is C21H22N4O3. The standard InChI is InChI=1S/C21H22N4O3/c1-12-16(17-18(24-21(2)7-8-21)22-11-23-19(17)28-12)20(27)25-9-6-13-4-3-5-15(26)14(13)10-25/h3-5,11,26H,6-10H2,1-2H3,(H,22,23,24). The van der Waals surface area contributed by atoms with E-state index in [4.69, 9.17) is 4.42 Å². The van der Waals surface area contributed by atoms with Crippen molar-refractivity contribution in [3.05, 3.63) is 47.0 Å². The van der Waals surface area contributed by atoms with E-state index in [1.54, 1.807) is 17.9 Å². The topological polar surface area (TPSA) is 91.5 Å². The Morgan fingerprint density at radius 1 is 1.32 bits per heavy atom. The molecule has 2 N–H and O–H groups in total. The lowest BCUT2D eigenvalue weighted by Gasteiger charge is -2.29. The molecule has 144 valence electrons. The van der Waals surface area contributed by atoms with Crippen molar-refractivity contribution in [2.45, 2.75) is 45.2 Å². The first-order chi connectivity index (χ1) is 13.5. The summed E-state index contributed by atoms with van der Waals surface area (Å²) in [7, 11) is 0. The number of carbonyl (C=O) groups is 1. The number of hydrogen-bond acceptors (Lipinski definition) is 6. The summed E-state index contributed by atoms with van der Waals surface area (Å²) in [5.74, 6) is 1.29. The van der Waals surface area contributed by atoms with Gasteiger partial charge in [-0.1, -0.05) is 12.1 Å². The number of phenolic OH excluding ortho intramolecular Hbond substituents is 1. The third-order valence-electron chi connectivity index (χ3n) is 5.83. The maximum absolute atomic E-state index is 13.5. The molecule has 1 fully saturated rings. The number of aryl methyl sites for hydroxylation is 1. The second-order valence-corrected chi connectivity index (χ2v) is 8.01. The van der Waals surface area contributed by atoms with E-state index in [0.717, 1.165) is 24.0 Å². The summed E-state index contributed by atoms with van der Waals surface area (Å²) in [4.78, 5) is 23.8. The molecular weight excluding hydrogens is 356 g/mol. The fourth-order valence-corrected chi connectivity index (χ4v) is 3.89. The van der Waals surface area contributed by atoms with E-state index in [1.807, 2.05) is 12.1 Å². The molecule has 1 amide bonds. The zero-order valence-electron chi connectivity index (χ0n) is 16.0. The van der Waals surface area contributed by atoms with Crippen LogP contribution in [0.25, 0.3) is 11.1 Å². The molecule has 5 rings (SSSR count). The summed E-state index contributed by atoms with van der Waals surface area (Å²) in [5, 5.41) is 14.3. The van der Waals surface area contributed by atoms with Gasteiger partial charge in [0.1, 0.15) is 23.7 Å². The van der Waals surface area contributed by atoms with Crippen molar-refractivity contribution in [1.82, 2.24) is 14.9 Å². The SMILES string of the molecule is Cc1oc2ncnc(NC3(C)CC3)c2c1C(=O)N1CCc2cccc(O)c2C1. The summed E-state index contributed by atoms with van der Waals surface area (Å²) in [6, 6.07) is 5.51. The van der Waals surface area contributed by atoms with Crippen molar-refractivity contribution in [3.63, 3.8) is 0 Å². The van der Waals surface area contributed by atoms with E-state index >= 15 is 0 Å². The van der Waals surface area contributed by atoms with Crippen LogP contribution >= 0.6 is 0 Å². The van der Waals surface area contributed by atoms with Gasteiger partial charge in [-0.05, 0) is 44.7 Å². The molecule has 0 bridgehead atoms. The van der Waals surface area contributed by atoms with Gasteiger partial charge in [-0.15, -0.1) is 0 Å². The number of carbonyl (C=O) groups excluding carboxylic acids is 1. The molecule has 0 unspecified atom stereocenters. The Labute approximate surface area is 162 Å². The lowest BCUT2D eigenvalue weighted by atomic mass is 9.98. The molecule has 28 heavy (non-hydrogen) atoms. The largest absolute Gasteiger partial charge is 0.508 e. The van der Waals surface area contributed by atoms with Crippen molar-refractivity contribution >= 4 is 22.8 Å². The molecule has 1 saturated carbocycles. The lowest BCUT2D eigenvalue weighted by Crippen LogP contribution is -2.36. The predicted molar refractivity (Wildman–Crippen MR) is 104 cm³/mol. The highest BCUT2D eigenvalue weighted by Crippen LogP contribution is 2.40. The van der Waals surface area contributed by atoms with Gasteiger partial charge in [-0.3, -0.25) is 4.79 Å². The van der Waals surface area contributed by atoms with Crippen LogP contribution in [0.2, 0.25) is 0 Å². The van der Waals surface area contributed by atoms with Gasteiger partial charge in [0, 0.05) is 24.2 Å². The molecule has 2 aliphatic rings. The molecule has 0 atom stereocenters. The number of aromatic nitrogens is 2. The number of aromatic hydroxyl groups is 1. The second-order valence-electron chi connectivity index (χ2n) is 8.01. The zero-order valence-corrected chi connectivity index (χ0v) is 16.0. The predicted octanol–water partition coefficient (Wildman–Crippen LogP) is 3.40. The Morgan fingerprint density at radius 3 is 2.93 bits per heavy atom. The Balaban J connectivity index is 1.55. The lowest BCUT2D eigenvalue weighted by molar-refractivity contribution is 0.0733. The molecule has 3 heterocycles. The number of hydrogen-bond donors (Lipinski definition) is 2. The number of phenols is 1. The van der Waals surface area contributed by atoms with Gasteiger partial charge in [0.15, 0.2) is 0 Å². The number of amides is 1. The third kappa shape index (κ3) is 2.69. The van der Waals surface area contributed by atoms with Gasteiger partial charge >= 0.3 is 0 Å². The van der Waals surface area contributed by atoms with Gasteiger partial charge in [0.25, 0.3) is 5.91 Å². The van der Waals surface area contributed by atoms with E-state index in [1.165, 1.54) is 6.33 Å². The molecule has 1 aromatic carbocycles. The summed E-state index contributed by atoms with van der Waals surface area (Å²) < 4.78 is 5.79. The fraction of sp³-hybridized carbons (Fsp3) is 0.381.